The van der Waals surface area contributed by atoms with Gasteiger partial charge < -0.3 is 5.84 Å². The van der Waals surface area contributed by atoms with Crippen LogP contribution in [0.2, 0.25) is 0 Å². The van der Waals surface area contributed by atoms with Crippen molar-refractivity contribution in [3.8, 4) is 0 Å². The summed E-state index contributed by atoms with van der Waals surface area (Å²) in [6, 6.07) is 0. The van der Waals surface area contributed by atoms with Crippen LogP contribution in [-0.2, 0) is 0 Å². The van der Waals surface area contributed by atoms with Gasteiger partial charge in [-0.2, -0.15) is 10.2 Å². The molecular weight excluding hydrogens is 80.1 g/mol. The molecule has 4 nitrogen and oxygen atoms in total. The van der Waals surface area contributed by atoms with Crippen LogP contribution in [0.5, 0.6) is 0 Å². The fourth-order valence-electron chi connectivity index (χ4n) is 0.0815. The fourth-order valence-corrected chi connectivity index (χ4v) is 0.0815. The van der Waals surface area contributed by atoms with Crippen LogP contribution in [0.25, 0.3) is 0 Å². The number of hydrogen-bond donors (Lipinski definition) is 1. The first-order valence-electron chi connectivity index (χ1n) is 1.42. The fraction of sp³-hybridized carbons (Fsp3) is 0.500. The summed E-state index contributed by atoms with van der Waals surface area (Å²) in [6.07, 6.45) is 1.17. The summed E-state index contributed by atoms with van der Waals surface area (Å²) in [6.45, 7) is 0. The maximum Gasteiger partial charge on any atom is 0.157 e. The van der Waals surface area contributed by atoms with Crippen LogP contribution in [0, 0.1) is 0 Å². The van der Waals surface area contributed by atoms with E-state index in [0.717, 1.165) is 0 Å². The summed E-state index contributed by atoms with van der Waals surface area (Å²) >= 11 is 0. The van der Waals surface area contributed by atoms with E-state index < -0.39 is 0 Å². The molecule has 0 aromatic heterocycles. The lowest BCUT2D eigenvalue weighted by Gasteiger charge is -1.64. The van der Waals surface area contributed by atoms with Crippen LogP contribution in [0.4, 0.5) is 0 Å². The number of nitrogens with zero attached hydrogens (tertiary/aromatic N) is 3. The topological polar surface area (TPSA) is 63.1 Å². The Labute approximate surface area is 35.8 Å². The Hall–Kier alpha value is -0.930. The predicted molar refractivity (Wildman–Crippen MR) is 23.5 cm³/mol. The number of azo groups is 1. The molecule has 0 saturated carbocycles. The minimum Gasteiger partial charge on any atom is -0.322 e. The zero-order valence-electron chi connectivity index (χ0n) is 3.50. The van der Waals surface area contributed by atoms with Crippen molar-refractivity contribution < 1.29 is 0 Å². The molecule has 0 aromatic carbocycles. The largest absolute Gasteiger partial charge is 0.322 e. The average molecular weight is 86.1 g/mol. The maximum atomic E-state index is 4.63. The molecule has 0 aliphatic rings. The SMILES string of the molecule is CN=N/C=N\N. The maximum absolute atomic E-state index is 4.63. The summed E-state index contributed by atoms with van der Waals surface area (Å²) in [4.78, 5) is 0. The molecule has 4 heteroatoms. The second-order valence-electron chi connectivity index (χ2n) is 0.580. The Morgan fingerprint density at radius 3 is 2.50 bits per heavy atom. The van der Waals surface area contributed by atoms with Crippen molar-refractivity contribution in [1.29, 1.82) is 0 Å². The molecular formula is C2H6N4. The zero-order chi connectivity index (χ0) is 4.83. The van der Waals surface area contributed by atoms with Gasteiger partial charge in [0.1, 0.15) is 0 Å². The number of hydrazone groups is 1. The molecule has 0 fully saturated rings. The van der Waals surface area contributed by atoms with E-state index in [0.29, 0.717) is 0 Å². The first-order chi connectivity index (χ1) is 2.91. The van der Waals surface area contributed by atoms with Crippen molar-refractivity contribution >= 4 is 6.34 Å². The standard InChI is InChI=1S/C2H6N4/c1-4-6-2-5-3/h2H,3H2,1H3/b5-2-,6-4?. The van der Waals surface area contributed by atoms with Gasteiger partial charge in [-0.05, 0) is 0 Å². The molecule has 0 amide bonds. The Morgan fingerprint density at radius 1 is 1.67 bits per heavy atom. The van der Waals surface area contributed by atoms with Crippen molar-refractivity contribution in [3.05, 3.63) is 0 Å². The van der Waals surface area contributed by atoms with E-state index in [1.54, 1.807) is 7.05 Å². The lowest BCUT2D eigenvalue weighted by atomic mass is 11.3. The minimum absolute atomic E-state index is 1.17. The van der Waals surface area contributed by atoms with E-state index in [-0.39, 0.29) is 0 Å². The second kappa shape index (κ2) is 4.07. The molecule has 0 aliphatic carbocycles. The summed E-state index contributed by atoms with van der Waals surface area (Å²) in [7, 11) is 1.54. The van der Waals surface area contributed by atoms with Crippen molar-refractivity contribution in [2.75, 3.05) is 7.05 Å². The highest BCUT2D eigenvalue weighted by Gasteiger charge is 1.49. The molecule has 34 valence electrons. The summed E-state index contributed by atoms with van der Waals surface area (Å²) < 4.78 is 0. The monoisotopic (exact) mass is 86.1 g/mol. The van der Waals surface area contributed by atoms with Gasteiger partial charge >= 0.3 is 0 Å². The second-order valence-corrected chi connectivity index (χ2v) is 0.580. The molecule has 0 heterocycles. The zero-order valence-corrected chi connectivity index (χ0v) is 3.50. The Morgan fingerprint density at radius 2 is 2.33 bits per heavy atom. The van der Waals surface area contributed by atoms with E-state index in [4.69, 9.17) is 0 Å². The molecule has 0 aromatic rings. The molecule has 0 bridgehead atoms. The van der Waals surface area contributed by atoms with Gasteiger partial charge in [-0.15, -0.1) is 5.11 Å². The highest BCUT2D eigenvalue weighted by atomic mass is 15.2. The van der Waals surface area contributed by atoms with Crippen molar-refractivity contribution in [3.63, 3.8) is 0 Å². The van der Waals surface area contributed by atoms with E-state index in [1.807, 2.05) is 0 Å². The van der Waals surface area contributed by atoms with Crippen molar-refractivity contribution in [2.45, 2.75) is 0 Å². The van der Waals surface area contributed by atoms with Crippen LogP contribution in [-0.4, -0.2) is 13.4 Å². The Bertz CT molecular complexity index is 53.9. The van der Waals surface area contributed by atoms with Gasteiger partial charge in [-0.3, -0.25) is 0 Å². The minimum atomic E-state index is 1.17. The van der Waals surface area contributed by atoms with Gasteiger partial charge in [-0.25, -0.2) is 0 Å². The van der Waals surface area contributed by atoms with Gasteiger partial charge in [0.15, 0.2) is 6.34 Å². The Kier molecular flexibility index (Phi) is 3.44. The molecule has 0 rings (SSSR count). The van der Waals surface area contributed by atoms with E-state index >= 15 is 0 Å². The van der Waals surface area contributed by atoms with Crippen LogP contribution in [0.15, 0.2) is 15.3 Å². The van der Waals surface area contributed by atoms with E-state index in [2.05, 4.69) is 21.2 Å². The van der Waals surface area contributed by atoms with Gasteiger partial charge in [0.25, 0.3) is 0 Å². The third kappa shape index (κ3) is 3.07. The van der Waals surface area contributed by atoms with Crippen molar-refractivity contribution in [2.24, 2.45) is 21.2 Å². The van der Waals surface area contributed by atoms with E-state index in [1.165, 1.54) is 6.34 Å². The lowest BCUT2D eigenvalue weighted by molar-refractivity contribution is 1.18. The number of nitrogens with two attached hydrogens (primary N) is 1. The highest BCUT2D eigenvalue weighted by Crippen LogP contribution is 1.56. The van der Waals surface area contributed by atoms with Crippen LogP contribution >= 0.6 is 0 Å². The molecule has 0 spiro atoms. The number of hydrogen-bond acceptors (Lipinski definition) is 3. The van der Waals surface area contributed by atoms with Gasteiger partial charge in [0.2, 0.25) is 0 Å². The summed E-state index contributed by atoms with van der Waals surface area (Å²) in [5, 5.41) is 9.66. The third-order valence-electron chi connectivity index (χ3n) is 0.234. The first kappa shape index (κ1) is 5.07. The van der Waals surface area contributed by atoms with Gasteiger partial charge in [0, 0.05) is 7.05 Å². The molecule has 0 radical (unpaired) electrons. The number of rotatable bonds is 1. The lowest BCUT2D eigenvalue weighted by Crippen LogP contribution is -1.76. The molecule has 0 aliphatic heterocycles. The van der Waals surface area contributed by atoms with Gasteiger partial charge in [-0.1, -0.05) is 0 Å². The van der Waals surface area contributed by atoms with Crippen LogP contribution < -0.4 is 5.84 Å². The average Bonchev–Trinajstić information content (AvgIpc) is 1.61. The molecule has 0 atom stereocenters. The smallest absolute Gasteiger partial charge is 0.157 e. The third-order valence-corrected chi connectivity index (χ3v) is 0.234. The Balaban J connectivity index is 3.07. The molecule has 0 saturated heterocycles. The van der Waals surface area contributed by atoms with E-state index in [9.17, 15) is 0 Å². The first-order valence-corrected chi connectivity index (χ1v) is 1.42. The highest BCUT2D eigenvalue weighted by molar-refractivity contribution is 5.53. The molecule has 2 N–H and O–H groups in total. The van der Waals surface area contributed by atoms with Gasteiger partial charge in [0.05, 0.1) is 0 Å². The van der Waals surface area contributed by atoms with Crippen LogP contribution in [0.3, 0.4) is 0 Å². The van der Waals surface area contributed by atoms with Crippen molar-refractivity contribution in [1.82, 2.24) is 0 Å². The normalized spacial score (nSPS) is 11.5. The quantitative estimate of drug-likeness (QED) is 0.157. The molecule has 6 heavy (non-hydrogen) atoms. The molecule has 0 unspecified atom stereocenters. The predicted octanol–water partition coefficient (Wildman–Crippen LogP) is -0.0296. The summed E-state index contributed by atoms with van der Waals surface area (Å²) in [5.74, 6) is 4.63. The van der Waals surface area contributed by atoms with Crippen LogP contribution in [0.1, 0.15) is 0 Å². The summed E-state index contributed by atoms with van der Waals surface area (Å²) in [5.41, 5.74) is 0.